The summed E-state index contributed by atoms with van der Waals surface area (Å²) in [4.78, 5) is 1.52. The summed E-state index contributed by atoms with van der Waals surface area (Å²) in [6.45, 7) is 0.951. The van der Waals surface area contributed by atoms with E-state index in [1.54, 1.807) is 25.1 Å². The number of rotatable bonds is 4. The van der Waals surface area contributed by atoms with Crippen molar-refractivity contribution in [1.82, 2.24) is 4.90 Å². The van der Waals surface area contributed by atoms with Gasteiger partial charge in [0.15, 0.2) is 0 Å². The summed E-state index contributed by atoms with van der Waals surface area (Å²) in [5.74, 6) is 0. The van der Waals surface area contributed by atoms with E-state index in [2.05, 4.69) is 0 Å². The van der Waals surface area contributed by atoms with Gasteiger partial charge in [-0.15, -0.1) is 0 Å². The molecule has 0 heterocycles. The molecule has 1 aliphatic carbocycles. The van der Waals surface area contributed by atoms with E-state index in [1.807, 2.05) is 6.07 Å². The zero-order valence-corrected chi connectivity index (χ0v) is 10.2. The van der Waals surface area contributed by atoms with Gasteiger partial charge in [0.1, 0.15) is 0 Å². The molecule has 0 radical (unpaired) electrons. The minimum atomic E-state index is -4.16. The number of hydrogen-bond acceptors (Lipinski definition) is 2. The standard InChI is InChI=1S/C13H17F3N2/c1-9(10-3-2-4-11(17)7-10)18(12-5-6-12)8-13(14,15)16/h2-4,7,9,12H,5-6,8,17H2,1H3. The Hall–Kier alpha value is -1.23. The van der Waals surface area contributed by atoms with Gasteiger partial charge in [-0.1, -0.05) is 12.1 Å². The smallest absolute Gasteiger partial charge is 0.399 e. The zero-order valence-electron chi connectivity index (χ0n) is 10.2. The van der Waals surface area contributed by atoms with Crippen molar-refractivity contribution in [3.05, 3.63) is 29.8 Å². The third kappa shape index (κ3) is 3.38. The molecule has 1 aromatic carbocycles. The highest BCUT2D eigenvalue weighted by Gasteiger charge is 2.40. The van der Waals surface area contributed by atoms with E-state index in [0.717, 1.165) is 18.4 Å². The predicted octanol–water partition coefficient (Wildman–Crippen LogP) is 3.36. The van der Waals surface area contributed by atoms with Crippen LogP contribution in [-0.2, 0) is 0 Å². The number of halogens is 3. The second-order valence-corrected chi connectivity index (χ2v) is 4.86. The summed E-state index contributed by atoms with van der Waals surface area (Å²) in [5.41, 5.74) is 7.10. The van der Waals surface area contributed by atoms with E-state index in [4.69, 9.17) is 5.73 Å². The van der Waals surface area contributed by atoms with Gasteiger partial charge >= 0.3 is 6.18 Å². The number of nitrogen functional groups attached to an aromatic ring is 1. The number of benzene rings is 1. The molecule has 1 saturated carbocycles. The first-order valence-electron chi connectivity index (χ1n) is 6.05. The van der Waals surface area contributed by atoms with Crippen LogP contribution in [0, 0.1) is 0 Å². The van der Waals surface area contributed by atoms with Crippen molar-refractivity contribution < 1.29 is 13.2 Å². The van der Waals surface area contributed by atoms with Crippen molar-refractivity contribution in [2.24, 2.45) is 0 Å². The number of hydrogen-bond donors (Lipinski definition) is 1. The molecule has 0 amide bonds. The maximum Gasteiger partial charge on any atom is 0.401 e. The first kappa shape index (κ1) is 13.2. The van der Waals surface area contributed by atoms with Gasteiger partial charge in [-0.2, -0.15) is 13.2 Å². The van der Waals surface area contributed by atoms with Crippen molar-refractivity contribution in [2.45, 2.75) is 38.0 Å². The summed E-state index contributed by atoms with van der Waals surface area (Å²) in [6, 6.07) is 6.88. The topological polar surface area (TPSA) is 29.3 Å². The normalized spacial score (nSPS) is 18.1. The minimum absolute atomic E-state index is 0.0584. The lowest BCUT2D eigenvalue weighted by molar-refractivity contribution is -0.152. The molecule has 1 unspecified atom stereocenters. The Morgan fingerprint density at radius 1 is 1.39 bits per heavy atom. The van der Waals surface area contributed by atoms with E-state index in [1.165, 1.54) is 4.90 Å². The molecule has 2 N–H and O–H groups in total. The lowest BCUT2D eigenvalue weighted by Gasteiger charge is -2.30. The molecule has 0 saturated heterocycles. The Morgan fingerprint density at radius 2 is 2.06 bits per heavy atom. The van der Waals surface area contributed by atoms with Crippen LogP contribution in [0.15, 0.2) is 24.3 Å². The average molecular weight is 258 g/mol. The van der Waals surface area contributed by atoms with Crippen molar-refractivity contribution in [3.63, 3.8) is 0 Å². The van der Waals surface area contributed by atoms with Crippen molar-refractivity contribution >= 4 is 5.69 Å². The van der Waals surface area contributed by atoms with Crippen LogP contribution in [0.3, 0.4) is 0 Å². The van der Waals surface area contributed by atoms with Crippen LogP contribution in [0.4, 0.5) is 18.9 Å². The Kier molecular flexibility index (Phi) is 3.52. The molecule has 1 aliphatic rings. The predicted molar refractivity (Wildman–Crippen MR) is 65.1 cm³/mol. The highest BCUT2D eigenvalue weighted by Crippen LogP contribution is 2.36. The van der Waals surface area contributed by atoms with Crippen LogP contribution in [0.5, 0.6) is 0 Å². The lowest BCUT2D eigenvalue weighted by atomic mass is 10.1. The molecule has 1 atom stereocenters. The van der Waals surface area contributed by atoms with Crippen LogP contribution in [-0.4, -0.2) is 23.7 Å². The second-order valence-electron chi connectivity index (χ2n) is 4.86. The van der Waals surface area contributed by atoms with Crippen LogP contribution >= 0.6 is 0 Å². The van der Waals surface area contributed by atoms with Gasteiger partial charge in [0, 0.05) is 17.8 Å². The van der Waals surface area contributed by atoms with Gasteiger partial charge in [-0.05, 0) is 37.5 Å². The molecule has 2 rings (SSSR count). The summed E-state index contributed by atoms with van der Waals surface area (Å²) >= 11 is 0. The zero-order chi connectivity index (χ0) is 13.3. The first-order chi connectivity index (χ1) is 8.37. The lowest BCUT2D eigenvalue weighted by Crippen LogP contribution is -2.37. The van der Waals surface area contributed by atoms with Gasteiger partial charge in [-0.3, -0.25) is 4.90 Å². The highest BCUT2D eigenvalue weighted by atomic mass is 19.4. The Labute approximate surface area is 105 Å². The summed E-state index contributed by atoms with van der Waals surface area (Å²) < 4.78 is 37.7. The van der Waals surface area contributed by atoms with E-state index in [-0.39, 0.29) is 12.1 Å². The van der Waals surface area contributed by atoms with Gasteiger partial charge < -0.3 is 5.73 Å². The van der Waals surface area contributed by atoms with E-state index in [9.17, 15) is 13.2 Å². The van der Waals surface area contributed by atoms with E-state index < -0.39 is 12.7 Å². The molecule has 1 fully saturated rings. The van der Waals surface area contributed by atoms with E-state index in [0.29, 0.717) is 5.69 Å². The van der Waals surface area contributed by atoms with Crippen molar-refractivity contribution in [3.8, 4) is 0 Å². The largest absolute Gasteiger partial charge is 0.401 e. The molecule has 0 aromatic heterocycles. The minimum Gasteiger partial charge on any atom is -0.399 e. The third-order valence-corrected chi connectivity index (χ3v) is 3.27. The van der Waals surface area contributed by atoms with Crippen LogP contribution in [0.1, 0.15) is 31.4 Å². The number of nitrogens with two attached hydrogens (primary N) is 1. The van der Waals surface area contributed by atoms with Crippen molar-refractivity contribution in [2.75, 3.05) is 12.3 Å². The fourth-order valence-electron chi connectivity index (χ4n) is 2.21. The molecular weight excluding hydrogens is 241 g/mol. The first-order valence-corrected chi connectivity index (χ1v) is 6.05. The number of anilines is 1. The molecule has 1 aromatic rings. The van der Waals surface area contributed by atoms with Gasteiger partial charge in [0.2, 0.25) is 0 Å². The second kappa shape index (κ2) is 4.80. The molecule has 5 heteroatoms. The summed E-state index contributed by atoms with van der Waals surface area (Å²) in [6.07, 6.45) is -2.46. The molecule has 0 aliphatic heterocycles. The fourth-order valence-corrected chi connectivity index (χ4v) is 2.21. The average Bonchev–Trinajstić information content (AvgIpc) is 3.07. The number of alkyl halides is 3. The molecule has 100 valence electrons. The molecule has 0 spiro atoms. The summed E-state index contributed by atoms with van der Waals surface area (Å²) in [7, 11) is 0. The highest BCUT2D eigenvalue weighted by molar-refractivity contribution is 5.41. The van der Waals surface area contributed by atoms with Gasteiger partial charge in [-0.25, -0.2) is 0 Å². The van der Waals surface area contributed by atoms with E-state index >= 15 is 0 Å². The SMILES string of the molecule is CC(c1cccc(N)c1)N(CC(F)(F)F)C1CC1. The maximum atomic E-state index is 12.6. The monoisotopic (exact) mass is 258 g/mol. The number of nitrogens with zero attached hydrogens (tertiary/aromatic N) is 1. The third-order valence-electron chi connectivity index (χ3n) is 3.27. The van der Waals surface area contributed by atoms with Crippen LogP contribution < -0.4 is 5.73 Å². The van der Waals surface area contributed by atoms with Gasteiger partial charge in [0.05, 0.1) is 6.54 Å². The van der Waals surface area contributed by atoms with Crippen molar-refractivity contribution in [1.29, 1.82) is 0 Å². The quantitative estimate of drug-likeness (QED) is 0.839. The molecule has 18 heavy (non-hydrogen) atoms. The summed E-state index contributed by atoms with van der Waals surface area (Å²) in [5, 5.41) is 0. The maximum absolute atomic E-state index is 12.6. The molecule has 0 bridgehead atoms. The Bertz CT molecular complexity index is 413. The molecular formula is C13H17F3N2. The van der Waals surface area contributed by atoms with Crippen LogP contribution in [0.25, 0.3) is 0 Å². The van der Waals surface area contributed by atoms with Crippen LogP contribution in [0.2, 0.25) is 0 Å². The Morgan fingerprint density at radius 3 is 2.56 bits per heavy atom. The molecule has 2 nitrogen and oxygen atoms in total. The van der Waals surface area contributed by atoms with Gasteiger partial charge in [0.25, 0.3) is 0 Å². The Balaban J connectivity index is 2.15. The fraction of sp³-hybridized carbons (Fsp3) is 0.538.